The Balaban J connectivity index is 2.91. The Labute approximate surface area is 95.8 Å². The summed E-state index contributed by atoms with van der Waals surface area (Å²) in [5, 5.41) is 14.1. The summed E-state index contributed by atoms with van der Waals surface area (Å²) < 4.78 is 0. The van der Waals surface area contributed by atoms with Gasteiger partial charge in [0.1, 0.15) is 5.69 Å². The summed E-state index contributed by atoms with van der Waals surface area (Å²) in [6.07, 6.45) is 0.948. The van der Waals surface area contributed by atoms with Gasteiger partial charge >= 0.3 is 0 Å². The number of nitro benzene ring substituents is 1. The maximum Gasteiger partial charge on any atom is 0.292 e. The molecular weight excluding hydrogens is 204 g/mol. The molecule has 1 unspecified atom stereocenters. The Hall–Kier alpha value is -1.58. The van der Waals surface area contributed by atoms with Gasteiger partial charge < -0.3 is 5.32 Å². The lowest BCUT2D eigenvalue weighted by molar-refractivity contribution is -0.384. The van der Waals surface area contributed by atoms with E-state index in [2.05, 4.69) is 26.1 Å². The van der Waals surface area contributed by atoms with Gasteiger partial charge in [0.2, 0.25) is 0 Å². The van der Waals surface area contributed by atoms with E-state index in [1.54, 1.807) is 12.1 Å². The van der Waals surface area contributed by atoms with Crippen molar-refractivity contribution in [2.24, 2.45) is 5.92 Å². The van der Waals surface area contributed by atoms with Crippen LogP contribution in [0, 0.1) is 16.0 Å². The Bertz CT molecular complexity index is 364. The third-order valence-corrected chi connectivity index (χ3v) is 2.69. The first-order chi connectivity index (χ1) is 7.56. The zero-order valence-electron chi connectivity index (χ0n) is 9.93. The summed E-state index contributed by atoms with van der Waals surface area (Å²) in [5.74, 6) is 0.449. The number of rotatable bonds is 5. The molecule has 0 bridgehead atoms. The molecule has 1 aromatic rings. The minimum absolute atomic E-state index is 0.140. The number of benzene rings is 1. The second-order valence-corrected chi connectivity index (χ2v) is 4.18. The van der Waals surface area contributed by atoms with Gasteiger partial charge in [0.25, 0.3) is 5.69 Å². The number of nitrogens with one attached hydrogen (secondary N) is 1. The van der Waals surface area contributed by atoms with Crippen LogP contribution in [0.25, 0.3) is 0 Å². The highest BCUT2D eigenvalue weighted by molar-refractivity contribution is 5.61. The molecule has 4 heteroatoms. The molecule has 0 heterocycles. The highest BCUT2D eigenvalue weighted by atomic mass is 16.6. The monoisotopic (exact) mass is 222 g/mol. The smallest absolute Gasteiger partial charge is 0.292 e. The minimum Gasteiger partial charge on any atom is -0.377 e. The van der Waals surface area contributed by atoms with Crippen molar-refractivity contribution in [1.82, 2.24) is 0 Å². The maximum atomic E-state index is 10.8. The van der Waals surface area contributed by atoms with Crippen LogP contribution in [0.2, 0.25) is 0 Å². The number of para-hydroxylation sites is 2. The molecule has 0 saturated heterocycles. The Morgan fingerprint density at radius 1 is 1.38 bits per heavy atom. The van der Waals surface area contributed by atoms with E-state index in [1.807, 2.05) is 6.07 Å². The van der Waals surface area contributed by atoms with Crippen molar-refractivity contribution in [3.05, 3.63) is 34.4 Å². The molecule has 0 aliphatic rings. The van der Waals surface area contributed by atoms with Crippen molar-refractivity contribution in [2.45, 2.75) is 33.2 Å². The highest BCUT2D eigenvalue weighted by Crippen LogP contribution is 2.25. The van der Waals surface area contributed by atoms with Gasteiger partial charge in [0.05, 0.1) is 4.92 Å². The van der Waals surface area contributed by atoms with Crippen LogP contribution < -0.4 is 5.32 Å². The van der Waals surface area contributed by atoms with Gasteiger partial charge in [-0.2, -0.15) is 0 Å². The Kier molecular flexibility index (Phi) is 4.28. The summed E-state index contributed by atoms with van der Waals surface area (Å²) in [6, 6.07) is 7.03. The van der Waals surface area contributed by atoms with E-state index in [1.165, 1.54) is 6.07 Å². The van der Waals surface area contributed by atoms with Crippen LogP contribution in [0.5, 0.6) is 0 Å². The molecule has 1 N–H and O–H groups in total. The standard InChI is InChI=1S/C12H18N2O2/c1-4-10(9(2)3)13-11-7-5-6-8-12(11)14(15)16/h5-10,13H,4H2,1-3H3. The molecule has 0 saturated carbocycles. The number of hydrogen-bond donors (Lipinski definition) is 1. The van der Waals surface area contributed by atoms with E-state index >= 15 is 0 Å². The normalized spacial score (nSPS) is 12.5. The molecule has 1 aromatic carbocycles. The van der Waals surface area contributed by atoms with Gasteiger partial charge in [-0.05, 0) is 18.4 Å². The van der Waals surface area contributed by atoms with Crippen molar-refractivity contribution in [1.29, 1.82) is 0 Å². The van der Waals surface area contributed by atoms with Gasteiger partial charge in [-0.25, -0.2) is 0 Å². The molecule has 16 heavy (non-hydrogen) atoms. The third-order valence-electron chi connectivity index (χ3n) is 2.69. The Morgan fingerprint density at radius 3 is 2.50 bits per heavy atom. The lowest BCUT2D eigenvalue weighted by atomic mass is 10.0. The lowest BCUT2D eigenvalue weighted by Crippen LogP contribution is -2.24. The van der Waals surface area contributed by atoms with Crippen molar-refractivity contribution >= 4 is 11.4 Å². The van der Waals surface area contributed by atoms with E-state index in [4.69, 9.17) is 0 Å². The highest BCUT2D eigenvalue weighted by Gasteiger charge is 2.17. The summed E-state index contributed by atoms with van der Waals surface area (Å²) in [7, 11) is 0. The first-order valence-electron chi connectivity index (χ1n) is 5.56. The number of nitrogens with zero attached hydrogens (tertiary/aromatic N) is 1. The average Bonchev–Trinajstić information content (AvgIpc) is 2.25. The summed E-state index contributed by atoms with van der Waals surface area (Å²) >= 11 is 0. The van der Waals surface area contributed by atoms with Crippen molar-refractivity contribution in [3.63, 3.8) is 0 Å². The number of nitro groups is 1. The second kappa shape index (κ2) is 5.49. The molecule has 88 valence electrons. The molecule has 0 spiro atoms. The first kappa shape index (κ1) is 12.5. The molecule has 0 aromatic heterocycles. The molecule has 0 aliphatic heterocycles. The Morgan fingerprint density at radius 2 is 2.00 bits per heavy atom. The van der Waals surface area contributed by atoms with Crippen LogP contribution in [-0.2, 0) is 0 Å². The van der Waals surface area contributed by atoms with Crippen molar-refractivity contribution < 1.29 is 4.92 Å². The predicted molar refractivity (Wildman–Crippen MR) is 65.6 cm³/mol. The molecule has 0 aliphatic carbocycles. The van der Waals surface area contributed by atoms with Crippen LogP contribution in [0.1, 0.15) is 27.2 Å². The predicted octanol–water partition coefficient (Wildman–Crippen LogP) is 3.44. The van der Waals surface area contributed by atoms with Gasteiger partial charge in [0, 0.05) is 12.1 Å². The van der Waals surface area contributed by atoms with Crippen LogP contribution in [0.15, 0.2) is 24.3 Å². The molecule has 0 radical (unpaired) electrons. The molecule has 0 fully saturated rings. The molecule has 4 nitrogen and oxygen atoms in total. The first-order valence-corrected chi connectivity index (χ1v) is 5.56. The van der Waals surface area contributed by atoms with Crippen molar-refractivity contribution in [3.8, 4) is 0 Å². The SMILES string of the molecule is CCC(Nc1ccccc1[N+](=O)[O-])C(C)C. The quantitative estimate of drug-likeness (QED) is 0.613. The summed E-state index contributed by atoms with van der Waals surface area (Å²) in [6.45, 7) is 6.29. The minimum atomic E-state index is -0.352. The number of anilines is 1. The van der Waals surface area contributed by atoms with Crippen molar-refractivity contribution in [2.75, 3.05) is 5.32 Å². The van der Waals surface area contributed by atoms with Gasteiger partial charge in [0.15, 0.2) is 0 Å². The van der Waals surface area contributed by atoms with Gasteiger partial charge in [-0.15, -0.1) is 0 Å². The fourth-order valence-electron chi connectivity index (χ4n) is 1.69. The van der Waals surface area contributed by atoms with E-state index in [0.717, 1.165) is 6.42 Å². The van der Waals surface area contributed by atoms with Crippen LogP contribution in [-0.4, -0.2) is 11.0 Å². The van der Waals surface area contributed by atoms with Gasteiger partial charge in [-0.1, -0.05) is 32.9 Å². The van der Waals surface area contributed by atoms with E-state index < -0.39 is 0 Å². The zero-order valence-corrected chi connectivity index (χ0v) is 9.93. The second-order valence-electron chi connectivity index (χ2n) is 4.18. The summed E-state index contributed by atoms with van der Waals surface area (Å²) in [4.78, 5) is 10.5. The van der Waals surface area contributed by atoms with Crippen LogP contribution >= 0.6 is 0 Å². The third kappa shape index (κ3) is 2.95. The fraction of sp³-hybridized carbons (Fsp3) is 0.500. The largest absolute Gasteiger partial charge is 0.377 e. The van der Waals surface area contributed by atoms with E-state index in [9.17, 15) is 10.1 Å². The van der Waals surface area contributed by atoms with Gasteiger partial charge in [-0.3, -0.25) is 10.1 Å². The maximum absolute atomic E-state index is 10.8. The lowest BCUT2D eigenvalue weighted by Gasteiger charge is -2.21. The molecular formula is C12H18N2O2. The molecule has 0 amide bonds. The topological polar surface area (TPSA) is 55.2 Å². The van der Waals surface area contributed by atoms with Crippen LogP contribution in [0.4, 0.5) is 11.4 Å². The molecule has 1 atom stereocenters. The zero-order chi connectivity index (χ0) is 12.1. The van der Waals surface area contributed by atoms with Crippen LogP contribution in [0.3, 0.4) is 0 Å². The summed E-state index contributed by atoms with van der Waals surface area (Å²) in [5.41, 5.74) is 0.745. The fourth-order valence-corrected chi connectivity index (χ4v) is 1.69. The average molecular weight is 222 g/mol. The van der Waals surface area contributed by atoms with E-state index in [-0.39, 0.29) is 16.7 Å². The number of hydrogen-bond acceptors (Lipinski definition) is 3. The van der Waals surface area contributed by atoms with E-state index in [0.29, 0.717) is 11.6 Å². The molecule has 1 rings (SSSR count).